The Labute approximate surface area is 310 Å². The average Bonchev–Trinajstić information content (AvgIpc) is 3.38. The van der Waals surface area contributed by atoms with E-state index in [1.807, 2.05) is 12.2 Å². The fraction of sp³-hybridized carbons (Fsp3) is 0.200. The molecule has 8 rings (SSSR count). The van der Waals surface area contributed by atoms with Crippen molar-refractivity contribution in [2.45, 2.75) is 56.8 Å². The van der Waals surface area contributed by atoms with Gasteiger partial charge in [0.1, 0.15) is 5.76 Å². The molecule has 4 aliphatic rings. The van der Waals surface area contributed by atoms with Crippen LogP contribution in [-0.4, -0.2) is 6.54 Å². The van der Waals surface area contributed by atoms with Crippen LogP contribution in [0.15, 0.2) is 164 Å². The molecule has 0 N–H and O–H groups in total. The highest BCUT2D eigenvalue weighted by molar-refractivity contribution is 5.87. The minimum Gasteiger partial charge on any atom is -0.468 e. The van der Waals surface area contributed by atoms with Gasteiger partial charge >= 0.3 is 0 Å². The van der Waals surface area contributed by atoms with Crippen LogP contribution in [0.5, 0.6) is 0 Å². The topological polar surface area (TPSA) is 12.5 Å². The molecule has 0 bridgehead atoms. The van der Waals surface area contributed by atoms with Crippen LogP contribution in [0.4, 0.5) is 11.4 Å². The first-order chi connectivity index (χ1) is 25.1. The normalized spacial score (nSPS) is 22.4. The number of benzene rings is 4. The Morgan fingerprint density at radius 2 is 1.44 bits per heavy atom. The number of hydrogen-bond donors (Lipinski definition) is 0. The summed E-state index contributed by atoms with van der Waals surface area (Å²) in [5, 5.41) is 0. The lowest BCUT2D eigenvalue weighted by Crippen LogP contribution is -2.35. The monoisotopic (exact) mass is 677 g/mol. The molecule has 0 aromatic heterocycles. The van der Waals surface area contributed by atoms with Crippen molar-refractivity contribution in [3.8, 4) is 24.0 Å². The molecule has 2 heterocycles. The lowest BCUT2D eigenvalue weighted by molar-refractivity contribution is 0.279. The number of anilines is 2. The van der Waals surface area contributed by atoms with E-state index in [1.54, 1.807) is 6.26 Å². The van der Waals surface area contributed by atoms with Crippen molar-refractivity contribution in [2.75, 3.05) is 11.4 Å². The number of rotatable bonds is 2. The van der Waals surface area contributed by atoms with E-state index in [9.17, 15) is 0 Å². The minimum atomic E-state index is -0.454. The third-order valence-electron chi connectivity index (χ3n) is 11.4. The minimum absolute atomic E-state index is 0.125. The number of allylic oxidation sites excluding steroid dienone is 10. The van der Waals surface area contributed by atoms with Crippen molar-refractivity contribution in [3.05, 3.63) is 198 Å². The summed E-state index contributed by atoms with van der Waals surface area (Å²) in [6.07, 6.45) is 28.4. The van der Waals surface area contributed by atoms with Crippen LogP contribution in [0.3, 0.4) is 0 Å². The van der Waals surface area contributed by atoms with E-state index in [2.05, 4.69) is 180 Å². The molecule has 0 fully saturated rings. The Morgan fingerprint density at radius 1 is 0.712 bits per heavy atom. The average molecular weight is 678 g/mol. The molecule has 2 heteroatoms. The second-order valence-corrected chi connectivity index (χ2v) is 15.3. The summed E-state index contributed by atoms with van der Waals surface area (Å²) in [7, 11) is 0. The smallest absolute Gasteiger partial charge is 0.118 e. The fourth-order valence-electron chi connectivity index (χ4n) is 8.70. The van der Waals surface area contributed by atoms with Gasteiger partial charge in [-0.1, -0.05) is 144 Å². The number of nitrogens with zero attached hydrogens (tertiary/aromatic N) is 1. The molecule has 0 spiro atoms. The highest BCUT2D eigenvalue weighted by atomic mass is 16.5. The summed E-state index contributed by atoms with van der Waals surface area (Å²) >= 11 is 0. The Balaban J connectivity index is 0.00000207. The maximum Gasteiger partial charge on any atom is 0.118 e. The van der Waals surface area contributed by atoms with Gasteiger partial charge in [0.2, 0.25) is 0 Å². The lowest BCUT2D eigenvalue weighted by Gasteiger charge is -2.38. The number of terminal acetylenes is 1. The molecule has 2 aliphatic heterocycles. The first-order valence-corrected chi connectivity index (χ1v) is 18.1. The van der Waals surface area contributed by atoms with Gasteiger partial charge in [-0.05, 0) is 93.3 Å². The van der Waals surface area contributed by atoms with Gasteiger partial charge in [0, 0.05) is 34.3 Å². The van der Waals surface area contributed by atoms with Crippen molar-refractivity contribution in [2.24, 2.45) is 0 Å². The summed E-state index contributed by atoms with van der Waals surface area (Å²) in [5.41, 5.74) is 14.0. The highest BCUT2D eigenvalue weighted by Crippen LogP contribution is 2.54. The highest BCUT2D eigenvalue weighted by Gasteiger charge is 2.43. The van der Waals surface area contributed by atoms with Crippen molar-refractivity contribution in [3.63, 3.8) is 0 Å². The molecule has 4 aromatic carbocycles. The number of fused-ring (bicyclic) bond motifs is 6. The van der Waals surface area contributed by atoms with Gasteiger partial charge in [-0.25, -0.2) is 0 Å². The summed E-state index contributed by atoms with van der Waals surface area (Å²) in [4.78, 5) is 2.53. The SMILES string of the molecule is C#C.C=C1/C=C\Cc2ccccc2C(C)(C)CN(c2ccc3c(c2)C(C)(C)c2cc(C45CC=CC=C4O/C=C\C=C/C5=C)ccc2-3)c2ccccc21. The molecule has 0 saturated carbocycles. The quantitative estimate of drug-likeness (QED) is 0.196. The van der Waals surface area contributed by atoms with E-state index in [4.69, 9.17) is 4.74 Å². The van der Waals surface area contributed by atoms with Crippen LogP contribution in [0.2, 0.25) is 0 Å². The maximum atomic E-state index is 6.25. The molecule has 52 heavy (non-hydrogen) atoms. The maximum absolute atomic E-state index is 6.25. The van der Waals surface area contributed by atoms with Crippen LogP contribution < -0.4 is 4.90 Å². The summed E-state index contributed by atoms with van der Waals surface area (Å²) < 4.78 is 6.25. The zero-order chi connectivity index (χ0) is 36.7. The third kappa shape index (κ3) is 5.62. The van der Waals surface area contributed by atoms with E-state index < -0.39 is 5.41 Å². The number of ether oxygens (including phenoxy) is 1. The molecule has 4 aromatic rings. The predicted molar refractivity (Wildman–Crippen MR) is 221 cm³/mol. The molecule has 0 radical (unpaired) electrons. The Hall–Kier alpha value is -5.78. The van der Waals surface area contributed by atoms with E-state index in [0.29, 0.717) is 0 Å². The van der Waals surface area contributed by atoms with Crippen LogP contribution in [-0.2, 0) is 27.4 Å². The van der Waals surface area contributed by atoms with Crippen LogP contribution in [0, 0.1) is 12.8 Å². The lowest BCUT2D eigenvalue weighted by atomic mass is 9.67. The standard InChI is InChI=1S/C48H45NO.C2H2/c1-33-16-15-19-35-18-7-9-21-41(35)46(3,4)32-49(44-22-10-8-20-38(33)44)37-25-27-40-39-26-24-36(30-42(39)47(5,6)43(40)31-37)48-28-13-11-23-45(48)50-29-14-12-17-34(48)2;1-2/h7-18,20-27,29-31H,1-2,19,28,32H2,3-6H3;1-2H/b16-15-,17-12-,29-14-;. The second-order valence-electron chi connectivity index (χ2n) is 15.3. The molecular formula is C50H47NO. The second kappa shape index (κ2) is 13.4. The number of hydrogen-bond acceptors (Lipinski definition) is 2. The van der Waals surface area contributed by atoms with E-state index in [0.717, 1.165) is 41.9 Å². The Bertz CT molecular complexity index is 2260. The molecule has 2 aliphatic carbocycles. The molecule has 0 amide bonds. The summed E-state index contributed by atoms with van der Waals surface area (Å²) in [5.74, 6) is 0.917. The van der Waals surface area contributed by atoms with Crippen molar-refractivity contribution < 1.29 is 4.74 Å². The first kappa shape index (κ1) is 34.7. The molecule has 1 unspecified atom stereocenters. The van der Waals surface area contributed by atoms with Crippen molar-refractivity contribution in [1.29, 1.82) is 0 Å². The van der Waals surface area contributed by atoms with Crippen LogP contribution in [0.25, 0.3) is 16.7 Å². The summed E-state index contributed by atoms with van der Waals surface area (Å²) in [6, 6.07) is 31.8. The third-order valence-corrected chi connectivity index (χ3v) is 11.4. The fourth-order valence-corrected chi connectivity index (χ4v) is 8.70. The first-order valence-electron chi connectivity index (χ1n) is 18.1. The molecule has 2 nitrogen and oxygen atoms in total. The largest absolute Gasteiger partial charge is 0.468 e. The van der Waals surface area contributed by atoms with Crippen molar-refractivity contribution >= 4 is 16.9 Å². The molecular weight excluding hydrogens is 631 g/mol. The van der Waals surface area contributed by atoms with E-state index in [-0.39, 0.29) is 10.8 Å². The van der Waals surface area contributed by atoms with Crippen LogP contribution >= 0.6 is 0 Å². The van der Waals surface area contributed by atoms with Gasteiger partial charge in [-0.3, -0.25) is 0 Å². The van der Waals surface area contributed by atoms with E-state index in [1.165, 1.54) is 50.3 Å². The number of para-hydroxylation sites is 1. The van der Waals surface area contributed by atoms with Gasteiger partial charge in [0.25, 0.3) is 0 Å². The van der Waals surface area contributed by atoms with Gasteiger partial charge < -0.3 is 9.64 Å². The van der Waals surface area contributed by atoms with Gasteiger partial charge in [-0.2, -0.15) is 0 Å². The molecule has 1 atom stereocenters. The van der Waals surface area contributed by atoms with Gasteiger partial charge in [0.15, 0.2) is 0 Å². The van der Waals surface area contributed by atoms with Gasteiger partial charge in [0.05, 0.1) is 11.7 Å². The molecule has 0 saturated heterocycles. The Morgan fingerprint density at radius 3 is 2.27 bits per heavy atom. The predicted octanol–water partition coefficient (Wildman–Crippen LogP) is 12.2. The summed E-state index contributed by atoms with van der Waals surface area (Å²) in [6.45, 7) is 19.4. The van der Waals surface area contributed by atoms with Gasteiger partial charge in [-0.15, -0.1) is 12.8 Å². The zero-order valence-corrected chi connectivity index (χ0v) is 30.8. The van der Waals surface area contributed by atoms with Crippen molar-refractivity contribution in [1.82, 2.24) is 0 Å². The molecule has 258 valence electrons. The Kier molecular flexibility index (Phi) is 8.93. The zero-order valence-electron chi connectivity index (χ0n) is 30.8. The van der Waals surface area contributed by atoms with Crippen LogP contribution in [0.1, 0.15) is 67.5 Å². The van der Waals surface area contributed by atoms with E-state index >= 15 is 0 Å².